The van der Waals surface area contributed by atoms with Gasteiger partial charge in [-0.15, -0.1) is 0 Å². The van der Waals surface area contributed by atoms with E-state index in [1.165, 1.54) is 44.6 Å². The van der Waals surface area contributed by atoms with Crippen molar-refractivity contribution in [3.05, 3.63) is 47.5 Å². The van der Waals surface area contributed by atoms with Crippen molar-refractivity contribution in [3.8, 4) is 28.7 Å². The van der Waals surface area contributed by atoms with Crippen LogP contribution in [0.1, 0.15) is 28.8 Å². The number of ether oxygens (including phenoxy) is 6. The third kappa shape index (κ3) is 7.26. The minimum absolute atomic E-state index is 0.0466. The van der Waals surface area contributed by atoms with E-state index >= 15 is 0 Å². The number of benzene rings is 2. The molecule has 0 unspecified atom stereocenters. The summed E-state index contributed by atoms with van der Waals surface area (Å²) in [6, 6.07) is 6.97. The summed E-state index contributed by atoms with van der Waals surface area (Å²) >= 11 is 0. The Kier molecular flexibility index (Phi) is 10.0. The number of hydrogen-bond donors (Lipinski definition) is 6. The highest BCUT2D eigenvalue weighted by Crippen LogP contribution is 2.36. The number of methoxy groups -OCH3 is 2. The summed E-state index contributed by atoms with van der Waals surface area (Å²) in [5.74, 6) is -1.04. The number of phenols is 2. The monoisotopic (exact) mass is 578 g/mol. The van der Waals surface area contributed by atoms with Crippen molar-refractivity contribution in [2.75, 3.05) is 27.4 Å². The van der Waals surface area contributed by atoms with Gasteiger partial charge in [0, 0.05) is 18.6 Å². The molecule has 41 heavy (non-hydrogen) atoms. The van der Waals surface area contributed by atoms with Gasteiger partial charge in [-0.3, -0.25) is 4.79 Å². The van der Waals surface area contributed by atoms with Gasteiger partial charge in [0.15, 0.2) is 23.6 Å². The van der Waals surface area contributed by atoms with E-state index in [-0.39, 0.29) is 41.8 Å². The highest BCUT2D eigenvalue weighted by atomic mass is 16.7. The molecule has 6 N–H and O–H groups in total. The normalized spacial score (nSPS) is 28.4. The lowest BCUT2D eigenvalue weighted by molar-refractivity contribution is -0.291. The number of phenolic OH excluding ortho intramolecular Hbond substituents is 2. The molecule has 0 amide bonds. The lowest BCUT2D eigenvalue weighted by Gasteiger charge is -2.40. The van der Waals surface area contributed by atoms with E-state index in [0.717, 1.165) is 6.07 Å². The van der Waals surface area contributed by atoms with Crippen LogP contribution in [0.15, 0.2) is 36.4 Å². The molecule has 0 spiro atoms. The molecule has 2 aromatic rings. The maximum Gasteiger partial charge on any atom is 0.229 e. The number of hydrogen-bond acceptors (Lipinski definition) is 13. The summed E-state index contributed by atoms with van der Waals surface area (Å²) < 4.78 is 32.6. The average Bonchev–Trinajstić information content (AvgIpc) is 2.96. The Hall–Kier alpha value is -3.43. The lowest BCUT2D eigenvalue weighted by atomic mass is 9.99. The third-order valence-electron chi connectivity index (χ3n) is 6.73. The topological polar surface area (TPSA) is 194 Å². The summed E-state index contributed by atoms with van der Waals surface area (Å²) in [4.78, 5) is 12.9. The van der Waals surface area contributed by atoms with Gasteiger partial charge >= 0.3 is 0 Å². The predicted octanol–water partition coefficient (Wildman–Crippen LogP) is 0.711. The number of carbonyl (C=O) groups is 1. The van der Waals surface area contributed by atoms with Crippen molar-refractivity contribution in [3.63, 3.8) is 0 Å². The summed E-state index contributed by atoms with van der Waals surface area (Å²) in [7, 11) is 2.70. The zero-order chi connectivity index (χ0) is 29.7. The van der Waals surface area contributed by atoms with Crippen LogP contribution in [0, 0.1) is 0 Å². The minimum atomic E-state index is -1.67. The molecule has 2 saturated heterocycles. The van der Waals surface area contributed by atoms with Crippen LogP contribution in [0.4, 0.5) is 0 Å². The minimum Gasteiger partial charge on any atom is -0.507 e. The van der Waals surface area contributed by atoms with Gasteiger partial charge < -0.3 is 59.1 Å². The van der Waals surface area contributed by atoms with Crippen molar-refractivity contribution in [2.45, 2.75) is 55.9 Å². The number of carbonyl (C=O) groups excluding carboxylic acids is 1. The van der Waals surface area contributed by atoms with Crippen LogP contribution in [0.2, 0.25) is 0 Å². The molecule has 0 aliphatic carbocycles. The molecular weight excluding hydrogens is 544 g/mol. The molecule has 0 aromatic heterocycles. The lowest BCUT2D eigenvalue weighted by Crippen LogP contribution is -2.60. The molecule has 13 heteroatoms. The number of aliphatic hydroxyl groups excluding tert-OH is 4. The standard InChI is InChI=1S/C28H34O13/c1-36-20-7-4-14(9-18(20)31)3-6-17(30)24-19(32)10-16(11-21(24)37-2)40-28-27(35)26(34)25(33)22(41-28)13-39-23-8-5-15(29)12-38-23/h3-4,6-7,9-11,15,22-23,25-29,31-35H,5,8,12-13H2,1-2H3/b6-3+/t15-,22-,23+,25+,26+,27+,28+/m0/s1. The van der Waals surface area contributed by atoms with Gasteiger partial charge in [-0.25, -0.2) is 0 Å². The first kappa shape index (κ1) is 30.5. The largest absolute Gasteiger partial charge is 0.507 e. The zero-order valence-corrected chi connectivity index (χ0v) is 22.5. The molecule has 224 valence electrons. The number of aliphatic hydroxyl groups is 4. The van der Waals surface area contributed by atoms with Gasteiger partial charge in [0.1, 0.15) is 47.2 Å². The molecule has 13 nitrogen and oxygen atoms in total. The van der Waals surface area contributed by atoms with E-state index in [0.29, 0.717) is 18.4 Å². The van der Waals surface area contributed by atoms with Crippen molar-refractivity contribution < 1.29 is 63.9 Å². The van der Waals surface area contributed by atoms with Crippen LogP contribution in [0.3, 0.4) is 0 Å². The fourth-order valence-electron chi connectivity index (χ4n) is 4.45. The predicted molar refractivity (Wildman–Crippen MR) is 141 cm³/mol. The molecule has 0 radical (unpaired) electrons. The van der Waals surface area contributed by atoms with Crippen molar-refractivity contribution in [1.29, 1.82) is 0 Å². The summed E-state index contributed by atoms with van der Waals surface area (Å²) in [6.07, 6.45) is -5.07. The fraction of sp³-hybridized carbons (Fsp3) is 0.464. The van der Waals surface area contributed by atoms with Gasteiger partial charge in [-0.05, 0) is 30.2 Å². The van der Waals surface area contributed by atoms with Crippen LogP contribution in [0.25, 0.3) is 6.08 Å². The van der Waals surface area contributed by atoms with Crippen LogP contribution < -0.4 is 14.2 Å². The second-order valence-electron chi connectivity index (χ2n) is 9.61. The van der Waals surface area contributed by atoms with Crippen LogP contribution in [-0.4, -0.2) is 107 Å². The van der Waals surface area contributed by atoms with E-state index in [1.54, 1.807) is 6.07 Å². The molecule has 7 atom stereocenters. The van der Waals surface area contributed by atoms with E-state index in [9.17, 15) is 35.4 Å². The Balaban J connectivity index is 1.45. The molecular formula is C28H34O13. The summed E-state index contributed by atoms with van der Waals surface area (Å²) in [6.45, 7) is -0.0948. The fourth-order valence-corrected chi connectivity index (χ4v) is 4.45. The molecule has 2 aliphatic rings. The van der Waals surface area contributed by atoms with Crippen molar-refractivity contribution in [2.24, 2.45) is 0 Å². The Morgan fingerprint density at radius 1 is 0.951 bits per heavy atom. The third-order valence-corrected chi connectivity index (χ3v) is 6.73. The number of allylic oxidation sites excluding steroid dienone is 1. The highest BCUT2D eigenvalue weighted by molar-refractivity contribution is 6.10. The smallest absolute Gasteiger partial charge is 0.229 e. The van der Waals surface area contributed by atoms with Crippen LogP contribution in [-0.2, 0) is 14.2 Å². The molecule has 2 fully saturated rings. The Morgan fingerprint density at radius 2 is 1.71 bits per heavy atom. The number of ketones is 1. The molecule has 0 saturated carbocycles. The number of rotatable bonds is 10. The van der Waals surface area contributed by atoms with E-state index in [2.05, 4.69) is 0 Å². The van der Waals surface area contributed by atoms with E-state index in [1.807, 2.05) is 0 Å². The SMILES string of the molecule is COc1ccc(/C=C/C(=O)c2c(O)cc(O[C@@H]3O[C@@H](CO[C@@H]4CC[C@H](O)CO4)[C@@H](O)[C@@H](O)[C@H]3O)cc2OC)cc1O. The molecule has 2 aromatic carbocycles. The maximum absolute atomic E-state index is 12.9. The highest BCUT2D eigenvalue weighted by Gasteiger charge is 2.45. The van der Waals surface area contributed by atoms with Crippen molar-refractivity contribution in [1.82, 2.24) is 0 Å². The van der Waals surface area contributed by atoms with Crippen LogP contribution >= 0.6 is 0 Å². The Morgan fingerprint density at radius 3 is 2.37 bits per heavy atom. The average molecular weight is 579 g/mol. The second-order valence-corrected chi connectivity index (χ2v) is 9.61. The van der Waals surface area contributed by atoms with Gasteiger partial charge in [-0.2, -0.15) is 0 Å². The Bertz CT molecular complexity index is 1220. The van der Waals surface area contributed by atoms with Crippen LogP contribution in [0.5, 0.6) is 28.7 Å². The van der Waals surface area contributed by atoms with Gasteiger partial charge in [0.25, 0.3) is 0 Å². The molecule has 0 bridgehead atoms. The second kappa shape index (κ2) is 13.5. The zero-order valence-electron chi connectivity index (χ0n) is 22.5. The van der Waals surface area contributed by atoms with E-state index < -0.39 is 54.6 Å². The first-order chi connectivity index (χ1) is 19.6. The maximum atomic E-state index is 12.9. The quantitative estimate of drug-likeness (QED) is 0.171. The van der Waals surface area contributed by atoms with Gasteiger partial charge in [0.05, 0.1) is 33.5 Å². The molecule has 4 rings (SSSR count). The first-order valence-electron chi connectivity index (χ1n) is 12.9. The first-order valence-corrected chi connectivity index (χ1v) is 12.9. The number of aromatic hydroxyl groups is 2. The van der Waals surface area contributed by atoms with Gasteiger partial charge in [0.2, 0.25) is 6.29 Å². The van der Waals surface area contributed by atoms with E-state index in [4.69, 9.17) is 28.4 Å². The van der Waals surface area contributed by atoms with Gasteiger partial charge in [-0.1, -0.05) is 12.1 Å². The molecule has 2 aliphatic heterocycles. The summed E-state index contributed by atoms with van der Waals surface area (Å²) in [5, 5.41) is 61.4. The van der Waals surface area contributed by atoms with Crippen molar-refractivity contribution >= 4 is 11.9 Å². The summed E-state index contributed by atoms with van der Waals surface area (Å²) in [5.41, 5.74) is 0.337. The molecule has 2 heterocycles. The Labute approximate surface area is 235 Å².